The van der Waals surface area contributed by atoms with Gasteiger partial charge >= 0.3 is 0 Å². The van der Waals surface area contributed by atoms with E-state index in [2.05, 4.69) is 42.4 Å². The van der Waals surface area contributed by atoms with Gasteiger partial charge in [0.15, 0.2) is 6.61 Å². The Kier molecular flexibility index (Phi) is 6.04. The van der Waals surface area contributed by atoms with Crippen LogP contribution in [0.4, 0.5) is 0 Å². The van der Waals surface area contributed by atoms with Crippen molar-refractivity contribution in [3.8, 4) is 5.75 Å². The van der Waals surface area contributed by atoms with Crippen molar-refractivity contribution in [2.45, 2.75) is 27.7 Å². The fraction of sp³-hybridized carbons (Fsp3) is 0.333. The largest absolute Gasteiger partial charge is 0.483 e. The third-order valence-corrected chi connectivity index (χ3v) is 4.98. The minimum atomic E-state index is -0.290. The molecule has 0 aliphatic heterocycles. The molecule has 0 unspecified atom stereocenters. The van der Waals surface area contributed by atoms with Gasteiger partial charge in [0.2, 0.25) is 0 Å². The van der Waals surface area contributed by atoms with Crippen LogP contribution in [-0.2, 0) is 4.79 Å². The number of halogens is 2. The topological polar surface area (TPSA) is 50.7 Å². The molecule has 24 heavy (non-hydrogen) atoms. The molecule has 2 aromatic rings. The summed E-state index contributed by atoms with van der Waals surface area (Å²) in [4.78, 5) is 11.9. The lowest BCUT2D eigenvalue weighted by atomic mass is 9.91. The molecule has 4 nitrogen and oxygen atoms in total. The minimum absolute atomic E-state index is 0.0796. The summed E-state index contributed by atoms with van der Waals surface area (Å²) in [5.74, 6) is 0.331. The normalized spacial score (nSPS) is 12.3. The summed E-state index contributed by atoms with van der Waals surface area (Å²) in [6.07, 6.45) is 0. The zero-order chi connectivity index (χ0) is 17.9. The lowest BCUT2D eigenvalue weighted by Gasteiger charge is -2.17. The van der Waals surface area contributed by atoms with Crippen molar-refractivity contribution >= 4 is 54.3 Å². The van der Waals surface area contributed by atoms with E-state index in [0.717, 1.165) is 25.4 Å². The number of amides is 1. The molecule has 2 rings (SSSR count). The van der Waals surface area contributed by atoms with Gasteiger partial charge in [-0.15, -0.1) is 0 Å². The summed E-state index contributed by atoms with van der Waals surface area (Å²) in [7, 11) is 0. The molecule has 0 bridgehead atoms. The van der Waals surface area contributed by atoms with Crippen LogP contribution in [0.25, 0.3) is 10.8 Å². The highest BCUT2D eigenvalue weighted by Crippen LogP contribution is 2.34. The number of benzene rings is 2. The number of carbonyl (C=O) groups excluding carboxylic acids is 1. The fourth-order valence-corrected chi connectivity index (χ4v) is 2.83. The first-order chi connectivity index (χ1) is 11.2. The number of rotatable bonds is 4. The summed E-state index contributed by atoms with van der Waals surface area (Å²) in [6.45, 7) is 7.91. The van der Waals surface area contributed by atoms with E-state index in [1.165, 1.54) is 0 Å². The first-order valence-corrected chi connectivity index (χ1v) is 9.11. The number of hydrogen-bond donors (Lipinski definition) is 1. The molecule has 0 atom stereocenters. The number of ether oxygens (including phenoxy) is 1. The smallest absolute Gasteiger partial charge is 0.277 e. The number of nitrogens with one attached hydrogen (secondary N) is 1. The van der Waals surface area contributed by atoms with E-state index in [0.29, 0.717) is 5.75 Å². The number of hydrogen-bond acceptors (Lipinski definition) is 3. The van der Waals surface area contributed by atoms with E-state index in [9.17, 15) is 4.79 Å². The van der Waals surface area contributed by atoms with Crippen LogP contribution in [0, 0.1) is 5.41 Å². The van der Waals surface area contributed by atoms with Crippen LogP contribution in [0.2, 0.25) is 0 Å². The molecule has 0 aliphatic carbocycles. The van der Waals surface area contributed by atoms with Crippen molar-refractivity contribution in [1.29, 1.82) is 0 Å². The Bertz CT molecular complexity index is 795. The predicted molar refractivity (Wildman–Crippen MR) is 106 cm³/mol. The van der Waals surface area contributed by atoms with Gasteiger partial charge in [-0.3, -0.25) is 4.79 Å². The maximum atomic E-state index is 11.9. The van der Waals surface area contributed by atoms with Gasteiger partial charge in [0.1, 0.15) is 5.75 Å². The van der Waals surface area contributed by atoms with E-state index in [1.807, 2.05) is 58.0 Å². The molecule has 128 valence electrons. The summed E-state index contributed by atoms with van der Waals surface area (Å²) >= 11 is 7.00. The van der Waals surface area contributed by atoms with Gasteiger partial charge in [-0.05, 0) is 51.8 Å². The zero-order valence-corrected chi connectivity index (χ0v) is 17.3. The molecule has 0 spiro atoms. The molecule has 2 aromatic carbocycles. The first kappa shape index (κ1) is 18.9. The average molecular weight is 456 g/mol. The van der Waals surface area contributed by atoms with Crippen molar-refractivity contribution in [1.82, 2.24) is 5.43 Å². The van der Waals surface area contributed by atoms with Crippen molar-refractivity contribution in [3.05, 3.63) is 39.3 Å². The standard InChI is InChI=1S/C18H20Br2N2O2/c1-11(18(2,3)4)21-22-16(23)10-24-15-8-5-12-9-13(19)6-7-14(12)17(15)20/h5-9H,10H2,1-4H3,(H,22,23)/b21-11+. The van der Waals surface area contributed by atoms with E-state index in [1.54, 1.807) is 0 Å². The minimum Gasteiger partial charge on any atom is -0.483 e. The lowest BCUT2D eigenvalue weighted by molar-refractivity contribution is -0.123. The molecular formula is C18H20Br2N2O2. The SMILES string of the molecule is C/C(=N\NC(=O)COc1ccc2cc(Br)ccc2c1Br)C(C)(C)C. The Morgan fingerprint density at radius 1 is 1.21 bits per heavy atom. The van der Waals surface area contributed by atoms with E-state index >= 15 is 0 Å². The van der Waals surface area contributed by atoms with Gasteiger partial charge in [0, 0.05) is 15.6 Å². The molecule has 0 aliphatic rings. The third kappa shape index (κ3) is 4.80. The lowest BCUT2D eigenvalue weighted by Crippen LogP contribution is -2.28. The summed E-state index contributed by atoms with van der Waals surface area (Å²) < 4.78 is 7.46. The highest BCUT2D eigenvalue weighted by molar-refractivity contribution is 9.11. The molecular weight excluding hydrogens is 436 g/mol. The average Bonchev–Trinajstić information content (AvgIpc) is 2.50. The summed E-state index contributed by atoms with van der Waals surface area (Å²) in [5.41, 5.74) is 3.30. The van der Waals surface area contributed by atoms with E-state index < -0.39 is 0 Å². The highest BCUT2D eigenvalue weighted by atomic mass is 79.9. The number of fused-ring (bicyclic) bond motifs is 1. The molecule has 0 fully saturated rings. The van der Waals surface area contributed by atoms with Gasteiger partial charge in [-0.1, -0.05) is 48.8 Å². The summed E-state index contributed by atoms with van der Waals surface area (Å²) in [6, 6.07) is 9.79. The van der Waals surface area contributed by atoms with Crippen LogP contribution in [-0.4, -0.2) is 18.2 Å². The molecule has 0 saturated heterocycles. The van der Waals surface area contributed by atoms with Crippen LogP contribution in [0.5, 0.6) is 5.75 Å². The quantitative estimate of drug-likeness (QED) is 0.503. The van der Waals surface area contributed by atoms with Crippen molar-refractivity contribution < 1.29 is 9.53 Å². The summed E-state index contributed by atoms with van der Waals surface area (Å²) in [5, 5.41) is 6.22. The van der Waals surface area contributed by atoms with Crippen LogP contribution in [0.15, 0.2) is 44.4 Å². The monoisotopic (exact) mass is 454 g/mol. The Balaban J connectivity index is 2.04. The van der Waals surface area contributed by atoms with E-state index in [4.69, 9.17) is 4.74 Å². The van der Waals surface area contributed by atoms with Crippen molar-refractivity contribution in [3.63, 3.8) is 0 Å². The molecule has 0 aromatic heterocycles. The third-order valence-electron chi connectivity index (χ3n) is 3.67. The second kappa shape index (κ2) is 7.66. The Labute approximate surface area is 158 Å². The van der Waals surface area contributed by atoms with E-state index in [-0.39, 0.29) is 17.9 Å². The molecule has 6 heteroatoms. The second-order valence-electron chi connectivity index (χ2n) is 6.51. The Morgan fingerprint density at radius 2 is 1.92 bits per heavy atom. The van der Waals surface area contributed by atoms with Gasteiger partial charge in [-0.25, -0.2) is 5.43 Å². The van der Waals surface area contributed by atoms with Crippen molar-refractivity contribution in [2.24, 2.45) is 10.5 Å². The Morgan fingerprint density at radius 3 is 2.58 bits per heavy atom. The fourth-order valence-electron chi connectivity index (χ4n) is 1.84. The van der Waals surface area contributed by atoms with Crippen LogP contribution >= 0.6 is 31.9 Å². The molecule has 1 N–H and O–H groups in total. The number of nitrogens with zero attached hydrogens (tertiary/aromatic N) is 1. The van der Waals surface area contributed by atoms with Gasteiger partial charge in [-0.2, -0.15) is 5.10 Å². The molecule has 0 radical (unpaired) electrons. The second-order valence-corrected chi connectivity index (χ2v) is 8.22. The number of carbonyl (C=O) groups is 1. The molecule has 0 heterocycles. The highest BCUT2D eigenvalue weighted by Gasteiger charge is 2.15. The number of hydrazone groups is 1. The predicted octanol–water partition coefficient (Wildman–Crippen LogP) is 5.28. The van der Waals surface area contributed by atoms with Crippen LogP contribution in [0.1, 0.15) is 27.7 Å². The van der Waals surface area contributed by atoms with Gasteiger partial charge < -0.3 is 4.74 Å². The van der Waals surface area contributed by atoms with Gasteiger partial charge in [0.25, 0.3) is 5.91 Å². The zero-order valence-electron chi connectivity index (χ0n) is 14.1. The molecule has 1 amide bonds. The Hall–Kier alpha value is -1.40. The molecule has 0 saturated carbocycles. The maximum Gasteiger partial charge on any atom is 0.277 e. The van der Waals surface area contributed by atoms with Gasteiger partial charge in [0.05, 0.1) is 4.47 Å². The van der Waals surface area contributed by atoms with Crippen molar-refractivity contribution in [2.75, 3.05) is 6.61 Å². The van der Waals surface area contributed by atoms with Crippen LogP contribution < -0.4 is 10.2 Å². The maximum absolute atomic E-state index is 11.9. The van der Waals surface area contributed by atoms with Crippen LogP contribution in [0.3, 0.4) is 0 Å². The first-order valence-electron chi connectivity index (χ1n) is 7.52.